The molecular weight excluding hydrogens is 635 g/mol. The zero-order valence-electron chi connectivity index (χ0n) is 23.2. The van der Waals surface area contributed by atoms with E-state index in [0.717, 1.165) is 18.2 Å². The van der Waals surface area contributed by atoms with Gasteiger partial charge in [-0.3, -0.25) is 18.3 Å². The van der Waals surface area contributed by atoms with Crippen molar-refractivity contribution in [1.29, 1.82) is 5.26 Å². The first-order chi connectivity index (χ1) is 22.0. The Bertz CT molecular complexity index is 2550. The van der Waals surface area contributed by atoms with E-state index in [1.165, 1.54) is 28.7 Å². The van der Waals surface area contributed by atoms with Gasteiger partial charge in [0.25, 0.3) is 25.8 Å². The lowest BCUT2D eigenvalue weighted by molar-refractivity contribution is 0.481. The second-order valence-corrected chi connectivity index (χ2v) is 12.5. The fraction of sp³-hybridized carbons (Fsp3) is 0. The number of H-pyrrole nitrogens is 1. The van der Waals surface area contributed by atoms with Crippen molar-refractivity contribution in [2.75, 3.05) is 0 Å². The first-order valence-corrected chi connectivity index (χ1v) is 16.0. The molecule has 3 N–H and O–H groups in total. The normalized spacial score (nSPS) is 12.4. The maximum Gasteiger partial charge on any atom is 0.296 e. The Hall–Kier alpha value is -5.86. The second-order valence-electron chi connectivity index (χ2n) is 9.70. The molecule has 0 atom stereocenters. The Kier molecular flexibility index (Phi) is 7.59. The number of hydrogen-bond donors (Lipinski definition) is 3. The van der Waals surface area contributed by atoms with E-state index in [4.69, 9.17) is 4.55 Å². The topological polar surface area (TPSA) is 219 Å². The lowest BCUT2D eigenvalue weighted by Gasteiger charge is -2.10. The quantitative estimate of drug-likeness (QED) is 0.125. The van der Waals surface area contributed by atoms with Crippen molar-refractivity contribution in [3.8, 4) is 17.2 Å². The second kappa shape index (κ2) is 11.6. The molecule has 0 spiro atoms. The summed E-state index contributed by atoms with van der Waals surface area (Å²) in [5.74, 6) is 0. The van der Waals surface area contributed by atoms with Gasteiger partial charge in [-0.15, -0.1) is 10.2 Å². The standard InChI is InChI=1S/C30H19N7O7S2/c31-17-22-27(18-6-2-1-3-7-18)28(30(38)37-25-9-5-4-8-23(25)32-29(22)37)36-35-24-15-12-20(16-26(24)46(42,43)44)34-33-19-10-13-21(14-11-19)45(39,40)41/h1-16,32H,(H,39,40,41)(H,42,43,44). The van der Waals surface area contributed by atoms with E-state index < -0.39 is 30.7 Å². The highest BCUT2D eigenvalue weighted by Gasteiger charge is 2.23. The number of aromatic amines is 1. The average molecular weight is 654 g/mol. The van der Waals surface area contributed by atoms with Gasteiger partial charge in [0.15, 0.2) is 5.69 Å². The highest BCUT2D eigenvalue weighted by atomic mass is 32.2. The molecule has 0 amide bonds. The van der Waals surface area contributed by atoms with Crippen LogP contribution in [0, 0.1) is 11.3 Å². The number of nitrogens with zero attached hydrogens (tertiary/aromatic N) is 6. The summed E-state index contributed by atoms with van der Waals surface area (Å²) in [6.45, 7) is 0. The molecular formula is C30H19N7O7S2. The van der Waals surface area contributed by atoms with Crippen LogP contribution in [0.5, 0.6) is 0 Å². The van der Waals surface area contributed by atoms with Crippen molar-refractivity contribution < 1.29 is 25.9 Å². The highest BCUT2D eigenvalue weighted by molar-refractivity contribution is 7.86. The summed E-state index contributed by atoms with van der Waals surface area (Å²) in [5.41, 5.74) is 1.02. The lowest BCUT2D eigenvalue weighted by atomic mass is 10.00. The number of pyridine rings is 1. The number of rotatable bonds is 7. The first kappa shape index (κ1) is 30.2. The van der Waals surface area contributed by atoms with Gasteiger partial charge in [-0.05, 0) is 60.2 Å². The van der Waals surface area contributed by atoms with Crippen molar-refractivity contribution in [2.24, 2.45) is 20.5 Å². The number of fused-ring (bicyclic) bond motifs is 3. The third-order valence-electron chi connectivity index (χ3n) is 6.82. The van der Waals surface area contributed by atoms with Gasteiger partial charge in [-0.1, -0.05) is 42.5 Å². The highest BCUT2D eigenvalue weighted by Crippen LogP contribution is 2.36. The summed E-state index contributed by atoms with van der Waals surface area (Å²) in [7, 11) is -9.30. The molecule has 0 aliphatic heterocycles. The number of azo groups is 2. The van der Waals surface area contributed by atoms with Gasteiger partial charge in [0, 0.05) is 5.56 Å². The Balaban J connectivity index is 1.48. The number of imidazole rings is 1. The monoisotopic (exact) mass is 653 g/mol. The molecule has 6 aromatic rings. The number of nitrogens with one attached hydrogen (secondary N) is 1. The summed E-state index contributed by atoms with van der Waals surface area (Å²) in [5, 5.41) is 26.3. The van der Waals surface area contributed by atoms with Crippen LogP contribution in [0.15, 0.2) is 132 Å². The fourth-order valence-electron chi connectivity index (χ4n) is 4.76. The average Bonchev–Trinajstić information content (AvgIpc) is 3.43. The summed E-state index contributed by atoms with van der Waals surface area (Å²) in [4.78, 5) is 16.0. The number of benzene rings is 4. The number of para-hydroxylation sites is 2. The van der Waals surface area contributed by atoms with Crippen LogP contribution < -0.4 is 5.56 Å². The number of hydrogen-bond acceptors (Lipinski definition) is 10. The molecule has 0 radical (unpaired) electrons. The summed E-state index contributed by atoms with van der Waals surface area (Å²) < 4.78 is 67.6. The van der Waals surface area contributed by atoms with Crippen LogP contribution in [0.1, 0.15) is 5.56 Å². The van der Waals surface area contributed by atoms with Gasteiger partial charge in [0.05, 0.1) is 27.3 Å². The lowest BCUT2D eigenvalue weighted by Crippen LogP contribution is -2.14. The van der Waals surface area contributed by atoms with Crippen LogP contribution in [0.2, 0.25) is 0 Å². The van der Waals surface area contributed by atoms with Gasteiger partial charge in [0.1, 0.15) is 27.9 Å². The summed E-state index contributed by atoms with van der Waals surface area (Å²) >= 11 is 0. The fourth-order valence-corrected chi connectivity index (χ4v) is 5.88. The van der Waals surface area contributed by atoms with E-state index in [2.05, 4.69) is 31.5 Å². The molecule has 4 aromatic carbocycles. The SMILES string of the molecule is N#Cc1c(-c2ccccc2)c(N=Nc2ccc(N=Nc3ccc(S(=O)(=O)O)cc3)cc2S(=O)(=O)O)c(=O)n2c1[nH]c1ccccc12. The molecule has 16 heteroatoms. The predicted molar refractivity (Wildman–Crippen MR) is 167 cm³/mol. The van der Waals surface area contributed by atoms with E-state index in [0.29, 0.717) is 16.6 Å². The van der Waals surface area contributed by atoms with Crippen LogP contribution in [-0.2, 0) is 20.2 Å². The van der Waals surface area contributed by atoms with E-state index >= 15 is 0 Å². The molecule has 0 saturated heterocycles. The number of nitriles is 1. The van der Waals surface area contributed by atoms with Crippen molar-refractivity contribution in [3.63, 3.8) is 0 Å². The smallest absolute Gasteiger partial charge is 0.296 e. The molecule has 0 aliphatic carbocycles. The van der Waals surface area contributed by atoms with E-state index in [1.807, 2.05) is 0 Å². The van der Waals surface area contributed by atoms with Crippen molar-refractivity contribution in [3.05, 3.63) is 113 Å². The summed E-state index contributed by atoms with van der Waals surface area (Å²) in [6.07, 6.45) is 0. The largest absolute Gasteiger partial charge is 0.338 e. The maximum atomic E-state index is 14.0. The minimum atomic E-state index is -4.90. The van der Waals surface area contributed by atoms with Crippen molar-refractivity contribution >= 4 is 59.7 Å². The molecule has 2 aromatic heterocycles. The third kappa shape index (κ3) is 5.69. The van der Waals surface area contributed by atoms with Crippen LogP contribution >= 0.6 is 0 Å². The van der Waals surface area contributed by atoms with E-state index in [9.17, 15) is 31.4 Å². The molecule has 0 aliphatic rings. The van der Waals surface area contributed by atoms with E-state index in [1.54, 1.807) is 54.6 Å². The van der Waals surface area contributed by atoms with Gasteiger partial charge >= 0.3 is 0 Å². The molecule has 0 fully saturated rings. The Labute approximate surface area is 260 Å². The molecule has 46 heavy (non-hydrogen) atoms. The van der Waals surface area contributed by atoms with Gasteiger partial charge < -0.3 is 4.98 Å². The molecule has 0 saturated carbocycles. The molecule has 14 nitrogen and oxygen atoms in total. The third-order valence-corrected chi connectivity index (χ3v) is 8.57. The summed E-state index contributed by atoms with van der Waals surface area (Å²) in [6, 6.07) is 25.9. The van der Waals surface area contributed by atoms with Crippen LogP contribution in [0.4, 0.5) is 22.7 Å². The van der Waals surface area contributed by atoms with Crippen molar-refractivity contribution in [1.82, 2.24) is 9.38 Å². The maximum absolute atomic E-state index is 14.0. The minimum absolute atomic E-state index is 0.0255. The zero-order valence-corrected chi connectivity index (χ0v) is 24.8. The Morgan fingerprint density at radius 1 is 0.739 bits per heavy atom. The molecule has 6 rings (SSSR count). The Morgan fingerprint density at radius 2 is 1.39 bits per heavy atom. The zero-order chi connectivity index (χ0) is 32.6. The Morgan fingerprint density at radius 3 is 2.07 bits per heavy atom. The van der Waals surface area contributed by atoms with Gasteiger partial charge in [-0.2, -0.15) is 32.3 Å². The van der Waals surface area contributed by atoms with Crippen molar-refractivity contribution in [2.45, 2.75) is 9.79 Å². The predicted octanol–water partition coefficient (Wildman–Crippen LogP) is 6.64. The molecule has 228 valence electrons. The minimum Gasteiger partial charge on any atom is -0.338 e. The van der Waals surface area contributed by atoms with Gasteiger partial charge in [-0.25, -0.2) is 0 Å². The molecule has 2 heterocycles. The van der Waals surface area contributed by atoms with Crippen LogP contribution in [-0.4, -0.2) is 35.3 Å². The first-order valence-electron chi connectivity index (χ1n) is 13.1. The van der Waals surface area contributed by atoms with E-state index in [-0.39, 0.29) is 44.4 Å². The van der Waals surface area contributed by atoms with Gasteiger partial charge in [0.2, 0.25) is 0 Å². The molecule has 0 unspecified atom stereocenters. The molecule has 0 bridgehead atoms. The number of aromatic nitrogens is 2. The van der Waals surface area contributed by atoms with Crippen LogP contribution in [0.3, 0.4) is 0 Å². The van der Waals surface area contributed by atoms with Crippen LogP contribution in [0.25, 0.3) is 27.8 Å².